The number of anilines is 1. The van der Waals surface area contributed by atoms with Crippen LogP contribution in [0, 0.1) is 0 Å². The van der Waals surface area contributed by atoms with Crippen LogP contribution in [0.4, 0.5) is 5.95 Å². The molecule has 4 heterocycles. The second-order valence-corrected chi connectivity index (χ2v) is 10.6. The third kappa shape index (κ3) is 4.65. The lowest BCUT2D eigenvalue weighted by atomic mass is 9.82. The minimum absolute atomic E-state index is 0.0636. The highest BCUT2D eigenvalue weighted by Gasteiger charge is 2.41. The highest BCUT2D eigenvalue weighted by atomic mass is 32.1. The van der Waals surface area contributed by atoms with Crippen LogP contribution in [0.15, 0.2) is 18.5 Å². The average Bonchev–Trinajstić information content (AvgIpc) is 3.24. The zero-order valence-corrected chi connectivity index (χ0v) is 19.3. The summed E-state index contributed by atoms with van der Waals surface area (Å²) in [5, 5.41) is 13.1. The van der Waals surface area contributed by atoms with Crippen molar-refractivity contribution >= 4 is 17.3 Å². The molecule has 31 heavy (non-hydrogen) atoms. The number of aliphatic hydroxyl groups is 1. The van der Waals surface area contributed by atoms with Gasteiger partial charge in [0.15, 0.2) is 0 Å². The Morgan fingerprint density at radius 2 is 1.94 bits per heavy atom. The van der Waals surface area contributed by atoms with Gasteiger partial charge in [0.25, 0.3) is 0 Å². The summed E-state index contributed by atoms with van der Waals surface area (Å²) in [5.41, 5.74) is 2.58. The number of hydrogen-bond acceptors (Lipinski definition) is 7. The quantitative estimate of drug-likeness (QED) is 0.732. The molecule has 0 atom stereocenters. The molecule has 5 rings (SSSR count). The van der Waals surface area contributed by atoms with Gasteiger partial charge in [-0.1, -0.05) is 6.92 Å². The summed E-state index contributed by atoms with van der Waals surface area (Å²) < 4.78 is 6.42. The predicted molar refractivity (Wildman–Crippen MR) is 123 cm³/mol. The van der Waals surface area contributed by atoms with Crippen molar-refractivity contribution in [3.8, 4) is 0 Å². The molecule has 3 aliphatic rings. The minimum Gasteiger partial charge on any atom is -0.393 e. The SMILES string of the molecule is CCc1cc2c(s1)CCOC21CCN(Cc2cnc(N[C@H]3CC[C@H](O)CC3)nc2)CC1. The number of thiophene rings is 1. The molecule has 168 valence electrons. The Balaban J connectivity index is 1.16. The molecule has 0 unspecified atom stereocenters. The number of aryl methyl sites for hydroxylation is 1. The molecule has 0 radical (unpaired) electrons. The summed E-state index contributed by atoms with van der Waals surface area (Å²) in [6, 6.07) is 2.79. The maximum atomic E-state index is 9.66. The topological polar surface area (TPSA) is 70.5 Å². The average molecular weight is 443 g/mol. The van der Waals surface area contributed by atoms with E-state index in [0.717, 1.165) is 83.2 Å². The van der Waals surface area contributed by atoms with Crippen LogP contribution in [-0.2, 0) is 29.7 Å². The Morgan fingerprint density at radius 1 is 1.19 bits per heavy atom. The van der Waals surface area contributed by atoms with Gasteiger partial charge < -0.3 is 15.2 Å². The van der Waals surface area contributed by atoms with Crippen LogP contribution >= 0.6 is 11.3 Å². The molecule has 2 N–H and O–H groups in total. The van der Waals surface area contributed by atoms with Crippen LogP contribution in [-0.4, -0.2) is 51.8 Å². The zero-order valence-electron chi connectivity index (χ0n) is 18.5. The fourth-order valence-corrected chi connectivity index (χ4v) is 6.48. The molecule has 0 bridgehead atoms. The highest BCUT2D eigenvalue weighted by molar-refractivity contribution is 7.12. The van der Waals surface area contributed by atoms with Gasteiger partial charge >= 0.3 is 0 Å². The third-order valence-corrected chi connectivity index (χ3v) is 8.55. The molecule has 6 nitrogen and oxygen atoms in total. The lowest BCUT2D eigenvalue weighted by molar-refractivity contribution is -0.0981. The molecule has 1 spiro atoms. The number of likely N-dealkylation sites (tertiary alicyclic amines) is 1. The number of hydrogen-bond donors (Lipinski definition) is 2. The van der Waals surface area contributed by atoms with Crippen molar-refractivity contribution in [3.05, 3.63) is 39.3 Å². The van der Waals surface area contributed by atoms with Crippen LogP contribution < -0.4 is 5.32 Å². The van der Waals surface area contributed by atoms with Gasteiger partial charge in [0.1, 0.15) is 0 Å². The van der Waals surface area contributed by atoms with Crippen molar-refractivity contribution < 1.29 is 9.84 Å². The third-order valence-electron chi connectivity index (χ3n) is 7.21. The monoisotopic (exact) mass is 442 g/mol. The van der Waals surface area contributed by atoms with Gasteiger partial charge in [0.2, 0.25) is 5.95 Å². The summed E-state index contributed by atoms with van der Waals surface area (Å²) in [7, 11) is 0. The first kappa shape index (κ1) is 21.3. The van der Waals surface area contributed by atoms with E-state index in [1.165, 1.54) is 10.4 Å². The summed E-state index contributed by atoms with van der Waals surface area (Å²) in [5.74, 6) is 0.704. The number of aromatic nitrogens is 2. The van der Waals surface area contributed by atoms with Crippen LogP contribution in [0.1, 0.15) is 66.3 Å². The van der Waals surface area contributed by atoms with Gasteiger partial charge in [0.05, 0.1) is 18.3 Å². The van der Waals surface area contributed by atoms with Crippen molar-refractivity contribution in [2.45, 2.75) is 82.6 Å². The molecule has 1 saturated carbocycles. The summed E-state index contributed by atoms with van der Waals surface area (Å²) >= 11 is 1.99. The molecule has 2 aliphatic heterocycles. The fourth-order valence-electron chi connectivity index (χ4n) is 5.30. The van der Waals surface area contributed by atoms with E-state index < -0.39 is 0 Å². The number of nitrogens with zero attached hydrogens (tertiary/aromatic N) is 3. The van der Waals surface area contributed by atoms with Crippen molar-refractivity contribution in [1.82, 2.24) is 14.9 Å². The van der Waals surface area contributed by atoms with E-state index in [2.05, 4.69) is 33.2 Å². The van der Waals surface area contributed by atoms with Gasteiger partial charge in [-0.25, -0.2) is 9.97 Å². The maximum absolute atomic E-state index is 9.66. The summed E-state index contributed by atoms with van der Waals surface area (Å²) in [4.78, 5) is 14.6. The number of ether oxygens (including phenoxy) is 1. The Bertz CT molecular complexity index is 868. The number of nitrogens with one attached hydrogen (secondary N) is 1. The van der Waals surface area contributed by atoms with E-state index in [9.17, 15) is 5.11 Å². The molecule has 1 aliphatic carbocycles. The van der Waals surface area contributed by atoms with Crippen LogP contribution in [0.5, 0.6) is 0 Å². The first-order chi connectivity index (χ1) is 15.1. The van der Waals surface area contributed by atoms with E-state index in [4.69, 9.17) is 4.74 Å². The Hall–Kier alpha value is -1.54. The number of fused-ring (bicyclic) bond motifs is 2. The van der Waals surface area contributed by atoms with E-state index in [1.54, 1.807) is 4.88 Å². The largest absolute Gasteiger partial charge is 0.393 e. The molecule has 2 fully saturated rings. The zero-order chi connectivity index (χ0) is 21.3. The van der Waals surface area contributed by atoms with E-state index in [0.29, 0.717) is 12.0 Å². The summed E-state index contributed by atoms with van der Waals surface area (Å²) in [6.07, 6.45) is 11.8. The van der Waals surface area contributed by atoms with Gasteiger partial charge in [-0.05, 0) is 56.6 Å². The van der Waals surface area contributed by atoms with Crippen molar-refractivity contribution in [2.24, 2.45) is 0 Å². The van der Waals surface area contributed by atoms with Gasteiger partial charge in [0, 0.05) is 59.8 Å². The van der Waals surface area contributed by atoms with Gasteiger partial charge in [-0.2, -0.15) is 0 Å². The number of piperidine rings is 1. The van der Waals surface area contributed by atoms with Crippen LogP contribution in [0.3, 0.4) is 0 Å². The molecule has 2 aromatic rings. The minimum atomic E-state index is -0.135. The van der Waals surface area contributed by atoms with Crippen LogP contribution in [0.25, 0.3) is 0 Å². The highest BCUT2D eigenvalue weighted by Crippen LogP contribution is 2.44. The molecular weight excluding hydrogens is 408 g/mol. The molecule has 2 aromatic heterocycles. The smallest absolute Gasteiger partial charge is 0.222 e. The maximum Gasteiger partial charge on any atom is 0.222 e. The number of aliphatic hydroxyl groups excluding tert-OH is 1. The normalized spacial score (nSPS) is 26.0. The fraction of sp³-hybridized carbons (Fsp3) is 0.667. The standard InChI is InChI=1S/C24H34N4O2S/c1-2-20-13-21-22(31-20)7-12-30-24(21)8-10-28(11-9-24)16-17-14-25-23(26-15-17)27-18-3-5-19(29)6-4-18/h13-15,18-19,29H,2-12,16H2,1H3,(H,25,26,27)/t18-,19-. The van der Waals surface area contributed by atoms with Gasteiger partial charge in [-0.15, -0.1) is 11.3 Å². The van der Waals surface area contributed by atoms with E-state index >= 15 is 0 Å². The Labute approximate surface area is 189 Å². The predicted octanol–water partition coefficient (Wildman–Crippen LogP) is 3.88. The van der Waals surface area contributed by atoms with Crippen molar-refractivity contribution in [2.75, 3.05) is 25.0 Å². The number of rotatable bonds is 5. The molecule has 7 heteroatoms. The van der Waals surface area contributed by atoms with E-state index in [-0.39, 0.29) is 11.7 Å². The molecule has 0 aromatic carbocycles. The lowest BCUT2D eigenvalue weighted by Gasteiger charge is -2.44. The second kappa shape index (κ2) is 9.14. The second-order valence-electron chi connectivity index (χ2n) is 9.34. The first-order valence-electron chi connectivity index (χ1n) is 11.9. The first-order valence-corrected chi connectivity index (χ1v) is 12.7. The van der Waals surface area contributed by atoms with Gasteiger partial charge in [-0.3, -0.25) is 4.90 Å². The van der Waals surface area contributed by atoms with Crippen molar-refractivity contribution in [1.29, 1.82) is 0 Å². The summed E-state index contributed by atoms with van der Waals surface area (Å²) in [6.45, 7) is 6.08. The van der Waals surface area contributed by atoms with Crippen molar-refractivity contribution in [3.63, 3.8) is 0 Å². The van der Waals surface area contributed by atoms with Crippen LogP contribution in [0.2, 0.25) is 0 Å². The molecular formula is C24H34N4O2S. The molecule has 1 saturated heterocycles. The lowest BCUT2D eigenvalue weighted by Crippen LogP contribution is -2.45. The van der Waals surface area contributed by atoms with E-state index in [1.807, 2.05) is 23.7 Å². The Kier molecular flexibility index (Phi) is 6.28. The molecule has 0 amide bonds. The Morgan fingerprint density at radius 3 is 2.65 bits per heavy atom.